The SMILES string of the molecule is NC1(c2ncc3ccc(Cl)cn23)CCCC1. The Hall–Kier alpha value is -1.06. The van der Waals surface area contributed by atoms with Gasteiger partial charge in [0.05, 0.1) is 22.3 Å². The van der Waals surface area contributed by atoms with Crippen molar-refractivity contribution in [3.8, 4) is 0 Å². The summed E-state index contributed by atoms with van der Waals surface area (Å²) in [6, 6.07) is 3.84. The zero-order valence-electron chi connectivity index (χ0n) is 8.99. The molecule has 0 atom stereocenters. The van der Waals surface area contributed by atoms with Gasteiger partial charge in [0.1, 0.15) is 5.82 Å². The number of imidazole rings is 1. The lowest BCUT2D eigenvalue weighted by Crippen LogP contribution is -2.35. The summed E-state index contributed by atoms with van der Waals surface area (Å²) in [5, 5.41) is 0.716. The summed E-state index contributed by atoms with van der Waals surface area (Å²) in [5.74, 6) is 0.947. The molecule has 0 bridgehead atoms. The number of halogens is 1. The quantitative estimate of drug-likeness (QED) is 0.826. The highest BCUT2D eigenvalue weighted by atomic mass is 35.5. The second kappa shape index (κ2) is 3.47. The molecule has 0 unspecified atom stereocenters. The van der Waals surface area contributed by atoms with Crippen LogP contribution in [0.5, 0.6) is 0 Å². The maximum Gasteiger partial charge on any atom is 0.133 e. The molecule has 4 heteroatoms. The molecule has 2 aromatic heterocycles. The van der Waals surface area contributed by atoms with Crippen molar-refractivity contribution in [2.75, 3.05) is 0 Å². The van der Waals surface area contributed by atoms with Crippen LogP contribution in [-0.2, 0) is 5.54 Å². The molecule has 16 heavy (non-hydrogen) atoms. The number of aromatic nitrogens is 2. The van der Waals surface area contributed by atoms with Crippen LogP contribution in [0, 0.1) is 0 Å². The molecule has 2 N–H and O–H groups in total. The summed E-state index contributed by atoms with van der Waals surface area (Å²) in [6.45, 7) is 0. The number of nitrogens with zero attached hydrogens (tertiary/aromatic N) is 2. The minimum Gasteiger partial charge on any atom is -0.319 e. The van der Waals surface area contributed by atoms with Crippen LogP contribution in [0.2, 0.25) is 5.02 Å². The smallest absolute Gasteiger partial charge is 0.133 e. The van der Waals surface area contributed by atoms with E-state index < -0.39 is 0 Å². The Morgan fingerprint density at radius 2 is 2.06 bits per heavy atom. The third-order valence-corrected chi connectivity index (χ3v) is 3.66. The van der Waals surface area contributed by atoms with Crippen LogP contribution in [0.15, 0.2) is 24.5 Å². The molecule has 0 amide bonds. The average Bonchev–Trinajstić information content (AvgIpc) is 2.84. The maximum atomic E-state index is 6.41. The fourth-order valence-electron chi connectivity index (χ4n) is 2.56. The predicted molar refractivity (Wildman–Crippen MR) is 64.5 cm³/mol. The molecule has 0 aromatic carbocycles. The van der Waals surface area contributed by atoms with Crippen LogP contribution in [0.3, 0.4) is 0 Å². The number of hydrogen-bond donors (Lipinski definition) is 1. The minimum absolute atomic E-state index is 0.267. The van der Waals surface area contributed by atoms with Gasteiger partial charge in [0.15, 0.2) is 0 Å². The molecule has 1 aliphatic rings. The van der Waals surface area contributed by atoms with Crippen molar-refractivity contribution in [3.05, 3.63) is 35.4 Å². The van der Waals surface area contributed by atoms with E-state index in [9.17, 15) is 0 Å². The van der Waals surface area contributed by atoms with Crippen LogP contribution in [0.4, 0.5) is 0 Å². The van der Waals surface area contributed by atoms with E-state index in [2.05, 4.69) is 4.98 Å². The molecule has 0 spiro atoms. The number of nitrogens with two attached hydrogens (primary N) is 1. The normalized spacial score (nSPS) is 19.4. The third-order valence-electron chi connectivity index (χ3n) is 3.43. The van der Waals surface area contributed by atoms with Crippen LogP contribution in [0.25, 0.3) is 5.52 Å². The fourth-order valence-corrected chi connectivity index (χ4v) is 2.72. The van der Waals surface area contributed by atoms with Gasteiger partial charge in [0.25, 0.3) is 0 Å². The summed E-state index contributed by atoms with van der Waals surface area (Å²) >= 11 is 6.01. The van der Waals surface area contributed by atoms with Gasteiger partial charge < -0.3 is 10.1 Å². The molecule has 0 radical (unpaired) electrons. The zero-order valence-corrected chi connectivity index (χ0v) is 9.74. The van der Waals surface area contributed by atoms with Crippen molar-refractivity contribution >= 4 is 17.1 Å². The van der Waals surface area contributed by atoms with Gasteiger partial charge in [-0.1, -0.05) is 24.4 Å². The van der Waals surface area contributed by atoms with Gasteiger partial charge in [0, 0.05) is 6.20 Å². The Bertz CT molecular complexity index is 526. The van der Waals surface area contributed by atoms with Crippen molar-refractivity contribution in [1.82, 2.24) is 9.38 Å². The van der Waals surface area contributed by atoms with Gasteiger partial charge in [-0.25, -0.2) is 4.98 Å². The van der Waals surface area contributed by atoms with E-state index in [1.807, 2.05) is 28.9 Å². The Morgan fingerprint density at radius 3 is 2.81 bits per heavy atom. The first-order valence-electron chi connectivity index (χ1n) is 5.61. The first-order chi connectivity index (χ1) is 7.69. The number of rotatable bonds is 1. The predicted octanol–water partition coefficient (Wildman–Crippen LogP) is 2.72. The van der Waals surface area contributed by atoms with E-state index in [4.69, 9.17) is 17.3 Å². The van der Waals surface area contributed by atoms with E-state index in [1.165, 1.54) is 12.8 Å². The Labute approximate surface area is 99.2 Å². The Morgan fingerprint density at radius 1 is 1.31 bits per heavy atom. The lowest BCUT2D eigenvalue weighted by Gasteiger charge is -2.22. The molecule has 2 aromatic rings. The van der Waals surface area contributed by atoms with Gasteiger partial charge >= 0.3 is 0 Å². The highest BCUT2D eigenvalue weighted by molar-refractivity contribution is 6.30. The minimum atomic E-state index is -0.267. The molecule has 3 rings (SSSR count). The van der Waals surface area contributed by atoms with Crippen LogP contribution < -0.4 is 5.73 Å². The second-order valence-corrected chi connectivity index (χ2v) is 5.02. The molecule has 1 saturated carbocycles. The van der Waals surface area contributed by atoms with Crippen molar-refractivity contribution < 1.29 is 0 Å². The number of hydrogen-bond acceptors (Lipinski definition) is 2. The van der Waals surface area contributed by atoms with Crippen LogP contribution >= 0.6 is 11.6 Å². The van der Waals surface area contributed by atoms with E-state index in [1.54, 1.807) is 0 Å². The van der Waals surface area contributed by atoms with E-state index >= 15 is 0 Å². The molecule has 1 aliphatic carbocycles. The van der Waals surface area contributed by atoms with Crippen molar-refractivity contribution in [1.29, 1.82) is 0 Å². The molecular weight excluding hydrogens is 222 g/mol. The lowest BCUT2D eigenvalue weighted by atomic mass is 9.98. The highest BCUT2D eigenvalue weighted by Crippen LogP contribution is 2.35. The number of fused-ring (bicyclic) bond motifs is 1. The fraction of sp³-hybridized carbons (Fsp3) is 0.417. The Kier molecular flexibility index (Phi) is 2.19. The molecule has 84 valence electrons. The molecule has 2 heterocycles. The van der Waals surface area contributed by atoms with Gasteiger partial charge in [-0.3, -0.25) is 0 Å². The number of pyridine rings is 1. The zero-order chi connectivity index (χ0) is 11.2. The van der Waals surface area contributed by atoms with E-state index in [0.29, 0.717) is 5.02 Å². The standard InChI is InChI=1S/C12H14ClN3/c13-9-3-4-10-7-15-11(16(10)8-9)12(14)5-1-2-6-12/h3-4,7-8H,1-2,5-6,14H2. The van der Waals surface area contributed by atoms with Gasteiger partial charge in [-0.2, -0.15) is 0 Å². The molecule has 0 aliphatic heterocycles. The van der Waals surface area contributed by atoms with Crippen molar-refractivity contribution in [2.45, 2.75) is 31.2 Å². The molecule has 3 nitrogen and oxygen atoms in total. The van der Waals surface area contributed by atoms with Gasteiger partial charge in [0.2, 0.25) is 0 Å². The highest BCUT2D eigenvalue weighted by Gasteiger charge is 2.34. The van der Waals surface area contributed by atoms with Crippen LogP contribution in [0.1, 0.15) is 31.5 Å². The summed E-state index contributed by atoms with van der Waals surface area (Å²) in [6.07, 6.45) is 8.15. The maximum absolute atomic E-state index is 6.41. The average molecular weight is 236 g/mol. The molecular formula is C12H14ClN3. The molecule has 1 fully saturated rings. The first kappa shape index (κ1) is 10.1. The Balaban J connectivity index is 2.19. The lowest BCUT2D eigenvalue weighted by molar-refractivity contribution is 0.430. The molecule has 0 saturated heterocycles. The van der Waals surface area contributed by atoms with Crippen LogP contribution in [-0.4, -0.2) is 9.38 Å². The van der Waals surface area contributed by atoms with E-state index in [-0.39, 0.29) is 5.54 Å². The van der Waals surface area contributed by atoms with Crippen molar-refractivity contribution in [2.24, 2.45) is 5.73 Å². The largest absolute Gasteiger partial charge is 0.319 e. The topological polar surface area (TPSA) is 43.3 Å². The van der Waals surface area contributed by atoms with E-state index in [0.717, 1.165) is 24.2 Å². The van der Waals surface area contributed by atoms with Gasteiger partial charge in [-0.05, 0) is 25.0 Å². The summed E-state index contributed by atoms with van der Waals surface area (Å²) in [4.78, 5) is 4.47. The second-order valence-electron chi connectivity index (χ2n) is 4.59. The summed E-state index contributed by atoms with van der Waals surface area (Å²) in [5.41, 5.74) is 7.20. The third kappa shape index (κ3) is 1.43. The summed E-state index contributed by atoms with van der Waals surface area (Å²) < 4.78 is 2.02. The van der Waals surface area contributed by atoms with Crippen molar-refractivity contribution in [3.63, 3.8) is 0 Å². The summed E-state index contributed by atoms with van der Waals surface area (Å²) in [7, 11) is 0. The van der Waals surface area contributed by atoms with Gasteiger partial charge in [-0.15, -0.1) is 0 Å². The first-order valence-corrected chi connectivity index (χ1v) is 5.99. The monoisotopic (exact) mass is 235 g/mol.